The van der Waals surface area contributed by atoms with E-state index in [0.29, 0.717) is 41.8 Å². The molecule has 0 amide bonds. The molecular formula is C10H11Cl2NO2. The van der Waals surface area contributed by atoms with Gasteiger partial charge < -0.3 is 9.84 Å². The number of nitrogens with zero attached hydrogens (tertiary/aromatic N) is 1. The number of rotatable bonds is 1. The molecule has 0 spiro atoms. The smallest absolute Gasteiger partial charge is 0.112 e. The van der Waals surface area contributed by atoms with Crippen molar-refractivity contribution in [2.45, 2.75) is 18.4 Å². The third-order valence-electron chi connectivity index (χ3n) is 2.57. The van der Waals surface area contributed by atoms with Crippen LogP contribution in [0.5, 0.6) is 0 Å². The van der Waals surface area contributed by atoms with Gasteiger partial charge in [-0.15, -0.1) is 0 Å². The maximum absolute atomic E-state index is 10.3. The van der Waals surface area contributed by atoms with Crippen LogP contribution in [-0.2, 0) is 10.3 Å². The summed E-state index contributed by atoms with van der Waals surface area (Å²) in [6, 6.07) is 1.60. The number of hydrogen-bond acceptors (Lipinski definition) is 3. The minimum Gasteiger partial charge on any atom is -0.383 e. The fourth-order valence-electron chi connectivity index (χ4n) is 1.70. The van der Waals surface area contributed by atoms with Crippen LogP contribution >= 0.6 is 23.2 Å². The second kappa shape index (κ2) is 4.26. The van der Waals surface area contributed by atoms with Crippen LogP contribution in [0.15, 0.2) is 12.3 Å². The Labute approximate surface area is 98.0 Å². The lowest BCUT2D eigenvalue weighted by Gasteiger charge is -2.31. The first-order chi connectivity index (χ1) is 7.12. The van der Waals surface area contributed by atoms with E-state index in [1.165, 1.54) is 6.20 Å². The van der Waals surface area contributed by atoms with Crippen molar-refractivity contribution < 1.29 is 9.84 Å². The van der Waals surface area contributed by atoms with Crippen molar-refractivity contribution in [3.63, 3.8) is 0 Å². The third kappa shape index (κ3) is 2.26. The Morgan fingerprint density at radius 3 is 2.60 bits per heavy atom. The molecule has 1 aliphatic heterocycles. The molecule has 1 N–H and O–H groups in total. The first kappa shape index (κ1) is 11.1. The van der Waals surface area contributed by atoms with E-state index in [0.717, 1.165) is 0 Å². The van der Waals surface area contributed by atoms with E-state index >= 15 is 0 Å². The zero-order chi connectivity index (χ0) is 10.9. The number of ether oxygens (including phenoxy) is 1. The number of pyridine rings is 1. The van der Waals surface area contributed by atoms with Gasteiger partial charge in [0.25, 0.3) is 0 Å². The molecule has 0 radical (unpaired) electrons. The lowest BCUT2D eigenvalue weighted by molar-refractivity contribution is -0.0704. The van der Waals surface area contributed by atoms with Crippen LogP contribution in [0, 0.1) is 0 Å². The number of aliphatic hydroxyl groups is 1. The van der Waals surface area contributed by atoms with Gasteiger partial charge in [0.1, 0.15) is 5.60 Å². The molecular weight excluding hydrogens is 237 g/mol. The van der Waals surface area contributed by atoms with Crippen LogP contribution in [0.4, 0.5) is 0 Å². The van der Waals surface area contributed by atoms with Crippen LogP contribution in [0.2, 0.25) is 10.0 Å². The van der Waals surface area contributed by atoms with Crippen LogP contribution in [0.1, 0.15) is 18.5 Å². The first-order valence-electron chi connectivity index (χ1n) is 4.73. The van der Waals surface area contributed by atoms with Gasteiger partial charge in [-0.3, -0.25) is 4.98 Å². The highest BCUT2D eigenvalue weighted by Gasteiger charge is 2.35. The van der Waals surface area contributed by atoms with Gasteiger partial charge in [0.2, 0.25) is 0 Å². The first-order valence-corrected chi connectivity index (χ1v) is 5.49. The molecule has 5 heteroatoms. The summed E-state index contributed by atoms with van der Waals surface area (Å²) < 4.78 is 5.19. The van der Waals surface area contributed by atoms with Gasteiger partial charge >= 0.3 is 0 Å². The van der Waals surface area contributed by atoms with E-state index in [1.807, 2.05) is 0 Å². The van der Waals surface area contributed by atoms with Crippen molar-refractivity contribution in [1.29, 1.82) is 0 Å². The zero-order valence-corrected chi connectivity index (χ0v) is 9.55. The Morgan fingerprint density at radius 2 is 2.00 bits per heavy atom. The summed E-state index contributed by atoms with van der Waals surface area (Å²) in [5.74, 6) is 0. The Morgan fingerprint density at radius 1 is 1.33 bits per heavy atom. The number of hydrogen-bond donors (Lipinski definition) is 1. The fourth-order valence-corrected chi connectivity index (χ4v) is 2.26. The summed E-state index contributed by atoms with van der Waals surface area (Å²) in [6.07, 6.45) is 2.53. The minimum absolute atomic E-state index is 0.409. The molecule has 0 aromatic carbocycles. The average Bonchev–Trinajstić information content (AvgIpc) is 2.18. The largest absolute Gasteiger partial charge is 0.383 e. The topological polar surface area (TPSA) is 42.4 Å². The van der Waals surface area contributed by atoms with E-state index in [1.54, 1.807) is 6.07 Å². The third-order valence-corrected chi connectivity index (χ3v) is 3.06. The maximum atomic E-state index is 10.3. The van der Waals surface area contributed by atoms with Gasteiger partial charge in [-0.1, -0.05) is 23.2 Å². The SMILES string of the molecule is OC1(c2ncc(Cl)cc2Cl)CCOCC1. The summed E-state index contributed by atoms with van der Waals surface area (Å²) >= 11 is 11.8. The summed E-state index contributed by atoms with van der Waals surface area (Å²) in [5, 5.41) is 11.2. The molecule has 2 rings (SSSR count). The molecule has 1 aromatic rings. The summed E-state index contributed by atoms with van der Waals surface area (Å²) in [7, 11) is 0. The van der Waals surface area contributed by atoms with Gasteiger partial charge in [-0.25, -0.2) is 0 Å². The summed E-state index contributed by atoms with van der Waals surface area (Å²) in [5.41, 5.74) is -0.475. The second-order valence-corrected chi connectivity index (χ2v) is 4.47. The van der Waals surface area contributed by atoms with Crippen LogP contribution < -0.4 is 0 Å². The van der Waals surface area contributed by atoms with Crippen molar-refractivity contribution >= 4 is 23.2 Å². The molecule has 0 unspecified atom stereocenters. The van der Waals surface area contributed by atoms with Gasteiger partial charge in [0.05, 0.1) is 15.7 Å². The highest BCUT2D eigenvalue weighted by atomic mass is 35.5. The standard InChI is InChI=1S/C10H11Cl2NO2/c11-7-5-8(12)9(13-6-7)10(14)1-3-15-4-2-10/h5-6,14H,1-4H2. The molecule has 1 fully saturated rings. The molecule has 82 valence electrons. The summed E-state index contributed by atoms with van der Waals surface area (Å²) in [4.78, 5) is 4.10. The predicted octanol–water partition coefficient (Wildman–Crippen LogP) is 2.39. The van der Waals surface area contributed by atoms with E-state index in [2.05, 4.69) is 4.98 Å². The van der Waals surface area contributed by atoms with E-state index < -0.39 is 5.60 Å². The van der Waals surface area contributed by atoms with Gasteiger partial charge in [-0.05, 0) is 6.07 Å². The zero-order valence-electron chi connectivity index (χ0n) is 8.04. The van der Waals surface area contributed by atoms with E-state index in [9.17, 15) is 5.11 Å². The molecule has 0 aliphatic carbocycles. The quantitative estimate of drug-likeness (QED) is 0.829. The van der Waals surface area contributed by atoms with Crippen molar-refractivity contribution in [3.8, 4) is 0 Å². The van der Waals surface area contributed by atoms with E-state index in [4.69, 9.17) is 27.9 Å². The molecule has 15 heavy (non-hydrogen) atoms. The predicted molar refractivity (Wildman–Crippen MR) is 58.2 cm³/mol. The van der Waals surface area contributed by atoms with Crippen LogP contribution in [0.3, 0.4) is 0 Å². The highest BCUT2D eigenvalue weighted by Crippen LogP contribution is 2.35. The molecule has 0 atom stereocenters. The lowest BCUT2D eigenvalue weighted by Crippen LogP contribution is -2.34. The lowest BCUT2D eigenvalue weighted by atomic mass is 9.90. The molecule has 1 aromatic heterocycles. The van der Waals surface area contributed by atoms with Gasteiger partial charge in [0, 0.05) is 32.3 Å². The monoisotopic (exact) mass is 247 g/mol. The molecule has 1 aliphatic rings. The molecule has 0 bridgehead atoms. The Balaban J connectivity index is 2.35. The van der Waals surface area contributed by atoms with Crippen molar-refractivity contribution in [3.05, 3.63) is 28.0 Å². The van der Waals surface area contributed by atoms with Crippen LogP contribution in [0.25, 0.3) is 0 Å². The number of halogens is 2. The Hall–Kier alpha value is -0.350. The minimum atomic E-state index is -0.972. The van der Waals surface area contributed by atoms with Gasteiger partial charge in [-0.2, -0.15) is 0 Å². The molecule has 1 saturated heterocycles. The molecule has 0 saturated carbocycles. The average molecular weight is 248 g/mol. The highest BCUT2D eigenvalue weighted by molar-refractivity contribution is 6.34. The van der Waals surface area contributed by atoms with E-state index in [-0.39, 0.29) is 0 Å². The van der Waals surface area contributed by atoms with Crippen molar-refractivity contribution in [1.82, 2.24) is 4.98 Å². The molecule has 2 heterocycles. The van der Waals surface area contributed by atoms with Gasteiger partial charge in [0.15, 0.2) is 0 Å². The van der Waals surface area contributed by atoms with Crippen LogP contribution in [-0.4, -0.2) is 23.3 Å². The normalized spacial score (nSPS) is 20.2. The second-order valence-electron chi connectivity index (χ2n) is 3.63. The van der Waals surface area contributed by atoms with Crippen molar-refractivity contribution in [2.75, 3.05) is 13.2 Å². The summed E-state index contributed by atoms with van der Waals surface area (Å²) in [6.45, 7) is 1.05. The fraction of sp³-hybridized carbons (Fsp3) is 0.500. The maximum Gasteiger partial charge on any atom is 0.112 e. The molecule has 3 nitrogen and oxygen atoms in total. The number of aromatic nitrogens is 1. The Bertz CT molecular complexity index is 364. The Kier molecular flexibility index (Phi) is 3.16. The van der Waals surface area contributed by atoms with Crippen molar-refractivity contribution in [2.24, 2.45) is 0 Å².